The number of aromatic nitrogens is 5. The number of rotatable bonds is 3. The molecule has 0 aliphatic carbocycles. The summed E-state index contributed by atoms with van der Waals surface area (Å²) in [4.78, 5) is 31.8. The summed E-state index contributed by atoms with van der Waals surface area (Å²) >= 11 is 0. The van der Waals surface area contributed by atoms with Crippen molar-refractivity contribution in [3.63, 3.8) is 0 Å². The Kier molecular flexibility index (Phi) is 4.54. The van der Waals surface area contributed by atoms with E-state index in [9.17, 15) is 9.59 Å². The van der Waals surface area contributed by atoms with Crippen LogP contribution in [0, 0.1) is 6.92 Å². The van der Waals surface area contributed by atoms with Crippen molar-refractivity contribution in [2.24, 2.45) is 0 Å². The Morgan fingerprint density at radius 1 is 1.06 bits per heavy atom. The number of hydrogen-bond acceptors (Lipinski definition) is 6. The third-order valence-corrected chi connectivity index (χ3v) is 5.57. The smallest absolute Gasteiger partial charge is 0.239 e. The van der Waals surface area contributed by atoms with E-state index in [4.69, 9.17) is 0 Å². The first-order valence-corrected chi connectivity index (χ1v) is 10.2. The van der Waals surface area contributed by atoms with E-state index in [0.717, 1.165) is 27.6 Å². The van der Waals surface area contributed by atoms with Gasteiger partial charge in [0.25, 0.3) is 0 Å². The molecule has 0 spiro atoms. The zero-order valence-electron chi connectivity index (χ0n) is 17.2. The van der Waals surface area contributed by atoms with Crippen LogP contribution in [0.3, 0.4) is 0 Å². The fourth-order valence-electron chi connectivity index (χ4n) is 4.13. The first-order valence-electron chi connectivity index (χ1n) is 10.2. The van der Waals surface area contributed by atoms with Crippen LogP contribution in [-0.2, 0) is 22.4 Å². The van der Waals surface area contributed by atoms with Gasteiger partial charge in [-0.1, -0.05) is 37.3 Å². The van der Waals surface area contributed by atoms with Crippen LogP contribution in [0.2, 0.25) is 0 Å². The number of fused-ring (bicyclic) bond motifs is 3. The molecule has 0 fully saturated rings. The average molecular weight is 412 g/mol. The van der Waals surface area contributed by atoms with E-state index in [1.807, 2.05) is 56.3 Å². The first kappa shape index (κ1) is 19.0. The van der Waals surface area contributed by atoms with Gasteiger partial charge in [0.1, 0.15) is 5.78 Å². The van der Waals surface area contributed by atoms with Gasteiger partial charge in [0.15, 0.2) is 11.6 Å². The number of nitrogens with zero attached hydrogens (tertiary/aromatic N) is 6. The van der Waals surface area contributed by atoms with Crippen LogP contribution in [0.25, 0.3) is 16.6 Å². The van der Waals surface area contributed by atoms with Crippen LogP contribution in [0.15, 0.2) is 48.7 Å². The van der Waals surface area contributed by atoms with E-state index in [2.05, 4.69) is 20.5 Å². The van der Waals surface area contributed by atoms with Crippen LogP contribution in [0.5, 0.6) is 0 Å². The second kappa shape index (κ2) is 7.39. The van der Waals surface area contributed by atoms with Crippen LogP contribution < -0.4 is 4.90 Å². The monoisotopic (exact) mass is 412 g/mol. The largest absolute Gasteiger partial charge is 0.299 e. The molecule has 8 heteroatoms. The maximum absolute atomic E-state index is 13.1. The molecular formula is C23H20N6O2. The molecule has 31 heavy (non-hydrogen) atoms. The third-order valence-electron chi connectivity index (χ3n) is 5.57. The number of carbonyl (C=O) groups is 2. The molecule has 8 nitrogen and oxygen atoms in total. The van der Waals surface area contributed by atoms with E-state index in [1.54, 1.807) is 15.8 Å². The standard InChI is InChI=1S/C23H20N6O2/c1-3-21-25-26-27-29(21)23-14(2)10-16(13-24-23)28-20-9-8-15-6-4-5-7-18(15)19(20)11-17(30)12-22(28)31/h4-10,13H,3,11-12H2,1-2H3. The van der Waals surface area contributed by atoms with E-state index >= 15 is 0 Å². The van der Waals surface area contributed by atoms with Gasteiger partial charge in [-0.2, -0.15) is 4.68 Å². The Hall–Kier alpha value is -3.94. The summed E-state index contributed by atoms with van der Waals surface area (Å²) < 4.78 is 1.61. The molecule has 0 bridgehead atoms. The van der Waals surface area contributed by atoms with Crippen molar-refractivity contribution in [2.75, 3.05) is 4.90 Å². The van der Waals surface area contributed by atoms with Gasteiger partial charge in [-0.3, -0.25) is 14.5 Å². The summed E-state index contributed by atoms with van der Waals surface area (Å²) in [5.74, 6) is 0.969. The number of hydrogen-bond donors (Lipinski definition) is 0. The number of ketones is 1. The van der Waals surface area contributed by atoms with Crippen molar-refractivity contribution in [3.05, 3.63) is 65.6 Å². The molecule has 0 saturated heterocycles. The third kappa shape index (κ3) is 3.16. The van der Waals surface area contributed by atoms with E-state index in [1.165, 1.54) is 0 Å². The molecule has 3 heterocycles. The highest BCUT2D eigenvalue weighted by Crippen LogP contribution is 2.37. The SMILES string of the molecule is CCc1nnnn1-c1ncc(N2C(=O)CC(=O)Cc3c2ccc2ccccc32)cc1C. The minimum absolute atomic E-state index is 0.0901. The van der Waals surface area contributed by atoms with Crippen molar-refractivity contribution >= 4 is 33.8 Å². The molecule has 1 aliphatic rings. The van der Waals surface area contributed by atoms with Gasteiger partial charge in [-0.25, -0.2) is 4.98 Å². The highest BCUT2D eigenvalue weighted by Gasteiger charge is 2.29. The first-order chi connectivity index (χ1) is 15.1. The number of anilines is 2. The zero-order chi connectivity index (χ0) is 21.5. The van der Waals surface area contributed by atoms with Gasteiger partial charge in [0.05, 0.1) is 24.0 Å². The molecule has 1 amide bonds. The molecule has 0 atom stereocenters. The van der Waals surface area contributed by atoms with Gasteiger partial charge in [0, 0.05) is 12.8 Å². The van der Waals surface area contributed by atoms with Crippen molar-refractivity contribution in [1.29, 1.82) is 0 Å². The molecule has 5 rings (SSSR count). The highest BCUT2D eigenvalue weighted by atomic mass is 16.2. The molecule has 2 aromatic carbocycles. The molecule has 2 aromatic heterocycles. The summed E-state index contributed by atoms with van der Waals surface area (Å²) in [6, 6.07) is 13.7. The molecule has 0 saturated carbocycles. The van der Waals surface area contributed by atoms with E-state index < -0.39 is 0 Å². The van der Waals surface area contributed by atoms with Crippen LogP contribution in [0.1, 0.15) is 30.3 Å². The lowest BCUT2D eigenvalue weighted by Crippen LogP contribution is -2.26. The van der Waals surface area contributed by atoms with Crippen molar-refractivity contribution in [3.8, 4) is 5.82 Å². The Bertz CT molecular complexity index is 1340. The van der Waals surface area contributed by atoms with E-state index in [-0.39, 0.29) is 24.5 Å². The van der Waals surface area contributed by atoms with Crippen molar-refractivity contribution in [2.45, 2.75) is 33.1 Å². The molecule has 0 radical (unpaired) electrons. The highest BCUT2D eigenvalue weighted by molar-refractivity contribution is 6.14. The summed E-state index contributed by atoms with van der Waals surface area (Å²) in [7, 11) is 0. The van der Waals surface area contributed by atoms with Gasteiger partial charge < -0.3 is 0 Å². The average Bonchev–Trinajstić information content (AvgIpc) is 3.18. The number of tetrazole rings is 1. The van der Waals surface area contributed by atoms with Gasteiger partial charge >= 0.3 is 0 Å². The lowest BCUT2D eigenvalue weighted by molar-refractivity contribution is -0.125. The Labute approximate surface area is 178 Å². The fraction of sp³-hybridized carbons (Fsp3) is 0.217. The molecule has 4 aromatic rings. The van der Waals surface area contributed by atoms with Gasteiger partial charge in [-0.15, -0.1) is 5.10 Å². The lowest BCUT2D eigenvalue weighted by atomic mass is 9.98. The van der Waals surface area contributed by atoms with Crippen molar-refractivity contribution < 1.29 is 9.59 Å². The topological polar surface area (TPSA) is 93.9 Å². The van der Waals surface area contributed by atoms with Crippen LogP contribution in [-0.4, -0.2) is 36.9 Å². The second-order valence-electron chi connectivity index (χ2n) is 7.60. The number of Topliss-reactive ketones (excluding diaryl/α,β-unsaturated/α-hetero) is 1. The predicted molar refractivity (Wildman–Crippen MR) is 115 cm³/mol. The second-order valence-corrected chi connectivity index (χ2v) is 7.60. The summed E-state index contributed by atoms with van der Waals surface area (Å²) in [5.41, 5.74) is 3.03. The van der Waals surface area contributed by atoms with Gasteiger partial charge in [0.2, 0.25) is 5.91 Å². The molecule has 0 unspecified atom stereocenters. The Morgan fingerprint density at radius 3 is 2.71 bits per heavy atom. The van der Waals surface area contributed by atoms with Crippen LogP contribution >= 0.6 is 0 Å². The zero-order valence-corrected chi connectivity index (χ0v) is 17.2. The number of amides is 1. The maximum Gasteiger partial charge on any atom is 0.239 e. The number of aryl methyl sites for hydroxylation is 2. The minimum atomic E-state index is -0.260. The Balaban J connectivity index is 1.66. The van der Waals surface area contributed by atoms with E-state index in [0.29, 0.717) is 23.8 Å². The molecule has 1 aliphatic heterocycles. The van der Waals surface area contributed by atoms with Gasteiger partial charge in [-0.05, 0) is 51.4 Å². The molecule has 154 valence electrons. The minimum Gasteiger partial charge on any atom is -0.299 e. The lowest BCUT2D eigenvalue weighted by Gasteiger charge is -2.24. The summed E-state index contributed by atoms with van der Waals surface area (Å²) in [5, 5.41) is 13.8. The number of carbonyl (C=O) groups excluding carboxylic acids is 2. The quantitative estimate of drug-likeness (QED) is 0.480. The van der Waals surface area contributed by atoms with Crippen LogP contribution in [0.4, 0.5) is 11.4 Å². The maximum atomic E-state index is 13.1. The Morgan fingerprint density at radius 2 is 1.90 bits per heavy atom. The fourth-order valence-corrected chi connectivity index (χ4v) is 4.13. The normalized spacial score (nSPS) is 14.1. The van der Waals surface area contributed by atoms with Crippen molar-refractivity contribution in [1.82, 2.24) is 25.2 Å². The summed E-state index contributed by atoms with van der Waals surface area (Å²) in [6.45, 7) is 3.88. The summed E-state index contributed by atoms with van der Waals surface area (Å²) in [6.07, 6.45) is 2.39. The predicted octanol–water partition coefficient (Wildman–Crippen LogP) is 3.26. The number of benzene rings is 2. The molecular weight excluding hydrogens is 392 g/mol. The number of pyridine rings is 1. The molecule has 0 N–H and O–H groups in total.